The largest absolute Gasteiger partial charge is 0.383 e. The number of rotatable bonds is 5. The monoisotopic (exact) mass is 354 g/mol. The lowest BCUT2D eigenvalue weighted by molar-refractivity contribution is -0.115. The Morgan fingerprint density at radius 3 is 2.80 bits per heavy atom. The van der Waals surface area contributed by atoms with E-state index in [0.717, 1.165) is 16.5 Å². The van der Waals surface area contributed by atoms with Gasteiger partial charge in [0.25, 0.3) is 5.56 Å². The molecule has 6 nitrogen and oxygen atoms in total. The first-order chi connectivity index (χ1) is 12.1. The minimum Gasteiger partial charge on any atom is -0.383 e. The van der Waals surface area contributed by atoms with Crippen molar-refractivity contribution in [1.82, 2.24) is 9.97 Å². The summed E-state index contributed by atoms with van der Waals surface area (Å²) in [6.45, 7) is 1.91. The Morgan fingerprint density at radius 1 is 1.28 bits per heavy atom. The van der Waals surface area contributed by atoms with Crippen molar-refractivity contribution in [3.05, 3.63) is 58.9 Å². The summed E-state index contributed by atoms with van der Waals surface area (Å²) in [4.78, 5) is 30.8. The highest BCUT2D eigenvalue weighted by molar-refractivity contribution is 8.00. The molecule has 0 radical (unpaired) electrons. The second-order valence-electron chi connectivity index (χ2n) is 5.51. The lowest BCUT2D eigenvalue weighted by atomic mass is 10.1. The molecule has 1 atom stereocenters. The Morgan fingerprint density at radius 2 is 2.04 bits per heavy atom. The van der Waals surface area contributed by atoms with E-state index < -0.39 is 5.25 Å². The number of carbonyl (C=O) groups is 1. The molecule has 0 aliphatic heterocycles. The van der Waals surface area contributed by atoms with Crippen LogP contribution in [0.2, 0.25) is 0 Å². The molecule has 128 valence electrons. The molecule has 0 saturated carbocycles. The van der Waals surface area contributed by atoms with Gasteiger partial charge < -0.3 is 16.0 Å². The van der Waals surface area contributed by atoms with Crippen LogP contribution in [-0.4, -0.2) is 21.1 Å². The van der Waals surface area contributed by atoms with Gasteiger partial charge in [-0.25, -0.2) is 4.98 Å². The molecule has 0 aliphatic carbocycles. The van der Waals surface area contributed by atoms with E-state index in [4.69, 9.17) is 5.73 Å². The zero-order chi connectivity index (χ0) is 17.8. The van der Waals surface area contributed by atoms with E-state index >= 15 is 0 Å². The number of aromatic amines is 1. The van der Waals surface area contributed by atoms with Crippen LogP contribution in [0.5, 0.6) is 0 Å². The van der Waals surface area contributed by atoms with E-state index in [1.54, 1.807) is 0 Å². The van der Waals surface area contributed by atoms with Crippen molar-refractivity contribution in [3.63, 3.8) is 0 Å². The predicted molar refractivity (Wildman–Crippen MR) is 102 cm³/mol. The maximum Gasteiger partial charge on any atom is 0.253 e. The number of thioether (sulfide) groups is 1. The normalized spacial score (nSPS) is 12.0. The lowest BCUT2D eigenvalue weighted by Crippen LogP contribution is -2.25. The molecule has 7 heteroatoms. The van der Waals surface area contributed by atoms with Crippen molar-refractivity contribution in [3.8, 4) is 0 Å². The third kappa shape index (κ3) is 4.00. The van der Waals surface area contributed by atoms with E-state index in [9.17, 15) is 9.59 Å². The molecule has 1 heterocycles. The van der Waals surface area contributed by atoms with E-state index in [-0.39, 0.29) is 17.3 Å². The molecule has 2 aromatic carbocycles. The smallest absolute Gasteiger partial charge is 0.253 e. The van der Waals surface area contributed by atoms with Gasteiger partial charge in [-0.05, 0) is 17.9 Å². The minimum atomic E-state index is -0.399. The Balaban J connectivity index is 1.81. The van der Waals surface area contributed by atoms with Crippen LogP contribution in [0.1, 0.15) is 13.3 Å². The number of anilines is 2. The van der Waals surface area contributed by atoms with Crippen molar-refractivity contribution < 1.29 is 4.79 Å². The molecule has 0 unspecified atom stereocenters. The van der Waals surface area contributed by atoms with Gasteiger partial charge in [0.1, 0.15) is 5.82 Å². The summed E-state index contributed by atoms with van der Waals surface area (Å²) >= 11 is 1.19. The van der Waals surface area contributed by atoms with Crippen LogP contribution < -0.4 is 16.6 Å². The maximum atomic E-state index is 12.7. The highest BCUT2D eigenvalue weighted by Crippen LogP contribution is 2.26. The first kappa shape index (κ1) is 17.0. The average Bonchev–Trinajstić information content (AvgIpc) is 2.59. The molecule has 0 bridgehead atoms. The number of fused-ring (bicyclic) bond motifs is 1. The van der Waals surface area contributed by atoms with E-state index in [0.29, 0.717) is 11.6 Å². The molecule has 4 N–H and O–H groups in total. The zero-order valence-electron chi connectivity index (χ0n) is 13.7. The fourth-order valence-corrected chi connectivity index (χ4v) is 3.43. The Kier molecular flexibility index (Phi) is 5.04. The van der Waals surface area contributed by atoms with Crippen LogP contribution in [0.25, 0.3) is 10.8 Å². The summed E-state index contributed by atoms with van der Waals surface area (Å²) in [5.74, 6) is -0.00973. The molecule has 0 aliphatic rings. The summed E-state index contributed by atoms with van der Waals surface area (Å²) < 4.78 is 0. The minimum absolute atomic E-state index is 0.135. The topological polar surface area (TPSA) is 101 Å². The van der Waals surface area contributed by atoms with Gasteiger partial charge in [-0.2, -0.15) is 0 Å². The van der Waals surface area contributed by atoms with Crippen LogP contribution in [-0.2, 0) is 4.79 Å². The number of hydrogen-bond acceptors (Lipinski definition) is 5. The van der Waals surface area contributed by atoms with Gasteiger partial charge in [-0.1, -0.05) is 55.1 Å². The number of benzene rings is 2. The molecule has 3 rings (SSSR count). The third-order valence-corrected chi connectivity index (χ3v) is 4.95. The summed E-state index contributed by atoms with van der Waals surface area (Å²) in [5.41, 5.74) is 6.02. The molecular weight excluding hydrogens is 336 g/mol. The maximum absolute atomic E-state index is 12.7. The van der Waals surface area contributed by atoms with Crippen molar-refractivity contribution in [2.45, 2.75) is 23.8 Å². The second kappa shape index (κ2) is 7.40. The number of carbonyl (C=O) groups excluding carboxylic acids is 1. The van der Waals surface area contributed by atoms with Crippen LogP contribution in [0.3, 0.4) is 0 Å². The molecular formula is C18H18N4O2S. The zero-order valence-corrected chi connectivity index (χ0v) is 14.5. The van der Waals surface area contributed by atoms with Gasteiger partial charge in [0, 0.05) is 17.1 Å². The van der Waals surface area contributed by atoms with Gasteiger partial charge in [0.05, 0.1) is 5.25 Å². The van der Waals surface area contributed by atoms with Crippen molar-refractivity contribution in [2.75, 3.05) is 11.1 Å². The van der Waals surface area contributed by atoms with Crippen LogP contribution in [0, 0.1) is 0 Å². The van der Waals surface area contributed by atoms with Crippen molar-refractivity contribution in [2.24, 2.45) is 0 Å². The summed E-state index contributed by atoms with van der Waals surface area (Å²) in [5, 5.41) is 4.95. The first-order valence-corrected chi connectivity index (χ1v) is 8.77. The van der Waals surface area contributed by atoms with Crippen molar-refractivity contribution >= 4 is 39.9 Å². The fourth-order valence-electron chi connectivity index (χ4n) is 2.51. The fraction of sp³-hybridized carbons (Fsp3) is 0.167. The number of nitrogen functional groups attached to an aromatic ring is 1. The van der Waals surface area contributed by atoms with Crippen LogP contribution >= 0.6 is 11.8 Å². The summed E-state index contributed by atoms with van der Waals surface area (Å²) in [7, 11) is 0. The first-order valence-electron chi connectivity index (χ1n) is 7.89. The molecule has 25 heavy (non-hydrogen) atoms. The van der Waals surface area contributed by atoms with Gasteiger partial charge in [0.15, 0.2) is 5.16 Å². The van der Waals surface area contributed by atoms with Crippen LogP contribution in [0.4, 0.5) is 11.5 Å². The summed E-state index contributed by atoms with van der Waals surface area (Å²) in [6, 6.07) is 14.8. The van der Waals surface area contributed by atoms with Gasteiger partial charge in [-0.3, -0.25) is 9.59 Å². The molecule has 1 aromatic heterocycles. The molecule has 0 spiro atoms. The standard InChI is InChI=1S/C18H18N4O2S/c1-2-14(25-18-21-15(19)10-16(23)22-18)17(24)20-13-9-5-7-11-6-3-4-8-12(11)13/h3-10,14H,2H2,1H3,(H,20,24)(H3,19,21,22,23)/t14-/m0/s1. The van der Waals surface area contributed by atoms with Crippen molar-refractivity contribution in [1.29, 1.82) is 0 Å². The predicted octanol–water partition coefficient (Wildman–Crippen LogP) is 3.01. The molecule has 0 saturated heterocycles. The molecule has 1 amide bonds. The van der Waals surface area contributed by atoms with E-state index in [2.05, 4.69) is 15.3 Å². The summed E-state index contributed by atoms with van der Waals surface area (Å²) in [6.07, 6.45) is 0.583. The van der Waals surface area contributed by atoms with E-state index in [1.807, 2.05) is 49.4 Å². The molecule has 0 fully saturated rings. The number of nitrogens with zero attached hydrogens (tertiary/aromatic N) is 1. The SMILES string of the molecule is CC[C@H](Sc1nc(N)cc(=O)[nH]1)C(=O)Nc1cccc2ccccc12. The van der Waals surface area contributed by atoms with E-state index in [1.165, 1.54) is 17.8 Å². The number of nitrogens with two attached hydrogens (primary N) is 1. The third-order valence-electron chi connectivity index (χ3n) is 3.70. The number of amides is 1. The van der Waals surface area contributed by atoms with Gasteiger partial charge >= 0.3 is 0 Å². The highest BCUT2D eigenvalue weighted by Gasteiger charge is 2.20. The number of H-pyrrole nitrogens is 1. The lowest BCUT2D eigenvalue weighted by Gasteiger charge is -2.15. The van der Waals surface area contributed by atoms with Gasteiger partial charge in [0.2, 0.25) is 5.91 Å². The number of nitrogens with one attached hydrogen (secondary N) is 2. The second-order valence-corrected chi connectivity index (χ2v) is 6.70. The van der Waals surface area contributed by atoms with Crippen LogP contribution in [0.15, 0.2) is 58.5 Å². The molecule has 3 aromatic rings. The average molecular weight is 354 g/mol. The van der Waals surface area contributed by atoms with Gasteiger partial charge in [-0.15, -0.1) is 0 Å². The Hall–Kier alpha value is -2.80. The number of aromatic nitrogens is 2. The Bertz CT molecular complexity index is 965. The Labute approximate surface area is 148 Å². The quantitative estimate of drug-likeness (QED) is 0.483. The highest BCUT2D eigenvalue weighted by atomic mass is 32.2. The number of hydrogen-bond donors (Lipinski definition) is 3.